The molecule has 0 bridgehead atoms. The minimum Gasteiger partial charge on any atom is -0.507 e. The Labute approximate surface area is 194 Å². The van der Waals surface area contributed by atoms with Gasteiger partial charge in [-0.3, -0.25) is 0 Å². The second kappa shape index (κ2) is 19.6. The van der Waals surface area contributed by atoms with E-state index in [1.165, 1.54) is 108 Å². The monoisotopic (exact) mass is 432 g/mol. The molecular formula is C29H52O2. The fourth-order valence-electron chi connectivity index (χ4n) is 4.46. The van der Waals surface area contributed by atoms with E-state index in [1.807, 2.05) is 6.92 Å². The number of phenolic OH excluding ortho intramolecular Hbond substituents is 1. The second-order valence-corrected chi connectivity index (χ2v) is 9.31. The summed E-state index contributed by atoms with van der Waals surface area (Å²) in [6.07, 6.45) is 24.1. The molecule has 0 saturated carbocycles. The van der Waals surface area contributed by atoms with E-state index < -0.39 is 0 Å². The second-order valence-electron chi connectivity index (χ2n) is 9.31. The zero-order valence-corrected chi connectivity index (χ0v) is 21.2. The van der Waals surface area contributed by atoms with Crippen LogP contribution < -0.4 is 0 Å². The molecule has 1 aromatic rings. The molecular weight excluding hydrogens is 380 g/mol. The van der Waals surface area contributed by atoms with Gasteiger partial charge in [0.1, 0.15) is 5.75 Å². The number of hydrogen-bond acceptors (Lipinski definition) is 2. The molecule has 180 valence electrons. The van der Waals surface area contributed by atoms with Crippen LogP contribution in [0.2, 0.25) is 0 Å². The van der Waals surface area contributed by atoms with Crippen LogP contribution in [-0.2, 0) is 24.2 Å². The van der Waals surface area contributed by atoms with Gasteiger partial charge in [-0.1, -0.05) is 110 Å². The summed E-state index contributed by atoms with van der Waals surface area (Å²) in [6, 6.07) is 4.25. The van der Waals surface area contributed by atoms with Gasteiger partial charge in [0, 0.05) is 6.61 Å². The maximum Gasteiger partial charge on any atom is 0.121 e. The van der Waals surface area contributed by atoms with E-state index in [9.17, 15) is 5.11 Å². The molecule has 0 amide bonds. The Balaban J connectivity index is 2.03. The maximum absolute atomic E-state index is 10.5. The fourth-order valence-corrected chi connectivity index (χ4v) is 4.46. The third kappa shape index (κ3) is 13.9. The first kappa shape index (κ1) is 28.0. The molecule has 1 N–H and O–H groups in total. The number of unbranched alkanes of at least 4 members (excludes halogenated alkanes) is 15. The Bertz CT molecular complexity index is 538. The van der Waals surface area contributed by atoms with Gasteiger partial charge in [0.05, 0.1) is 6.61 Å². The first-order valence-corrected chi connectivity index (χ1v) is 13.6. The zero-order valence-electron chi connectivity index (χ0n) is 21.2. The van der Waals surface area contributed by atoms with E-state index in [0.717, 1.165) is 30.6 Å². The molecule has 0 unspecified atom stereocenters. The summed E-state index contributed by atoms with van der Waals surface area (Å²) in [4.78, 5) is 0. The SMILES string of the molecule is CCCCCCCCCCCCCCCCCCc1cc(COCC)cc(CC)c1O. The van der Waals surface area contributed by atoms with Crippen LogP contribution in [0.15, 0.2) is 12.1 Å². The molecule has 31 heavy (non-hydrogen) atoms. The van der Waals surface area contributed by atoms with Crippen molar-refractivity contribution in [3.05, 3.63) is 28.8 Å². The van der Waals surface area contributed by atoms with Crippen LogP contribution in [0.5, 0.6) is 5.75 Å². The van der Waals surface area contributed by atoms with E-state index in [4.69, 9.17) is 4.74 Å². The van der Waals surface area contributed by atoms with Crippen LogP contribution in [0.3, 0.4) is 0 Å². The van der Waals surface area contributed by atoms with Gasteiger partial charge in [-0.15, -0.1) is 0 Å². The Morgan fingerprint density at radius 3 is 1.52 bits per heavy atom. The lowest BCUT2D eigenvalue weighted by molar-refractivity contribution is 0.134. The van der Waals surface area contributed by atoms with Crippen molar-refractivity contribution in [3.8, 4) is 5.75 Å². The van der Waals surface area contributed by atoms with Crippen molar-refractivity contribution in [1.29, 1.82) is 0 Å². The summed E-state index contributed by atoms with van der Waals surface area (Å²) in [7, 11) is 0. The van der Waals surface area contributed by atoms with Crippen LogP contribution in [0.1, 0.15) is 140 Å². The van der Waals surface area contributed by atoms with E-state index >= 15 is 0 Å². The number of rotatable bonds is 21. The fraction of sp³-hybridized carbons (Fsp3) is 0.793. The van der Waals surface area contributed by atoms with Gasteiger partial charge >= 0.3 is 0 Å². The van der Waals surface area contributed by atoms with Crippen molar-refractivity contribution in [2.24, 2.45) is 0 Å². The smallest absolute Gasteiger partial charge is 0.121 e. The van der Waals surface area contributed by atoms with E-state index in [0.29, 0.717) is 12.4 Å². The van der Waals surface area contributed by atoms with Crippen LogP contribution >= 0.6 is 0 Å². The largest absolute Gasteiger partial charge is 0.507 e. The van der Waals surface area contributed by atoms with Crippen molar-refractivity contribution in [1.82, 2.24) is 0 Å². The highest BCUT2D eigenvalue weighted by molar-refractivity contribution is 5.43. The van der Waals surface area contributed by atoms with Crippen molar-refractivity contribution in [3.63, 3.8) is 0 Å². The molecule has 1 aromatic carbocycles. The number of benzene rings is 1. The van der Waals surface area contributed by atoms with Gasteiger partial charge in [-0.2, -0.15) is 0 Å². The van der Waals surface area contributed by atoms with Gasteiger partial charge in [0.25, 0.3) is 0 Å². The molecule has 0 aliphatic rings. The molecule has 0 saturated heterocycles. The Hall–Kier alpha value is -1.02. The van der Waals surface area contributed by atoms with Crippen LogP contribution in [0, 0.1) is 0 Å². The lowest BCUT2D eigenvalue weighted by Gasteiger charge is -2.12. The Morgan fingerprint density at radius 1 is 0.613 bits per heavy atom. The van der Waals surface area contributed by atoms with Gasteiger partial charge in [-0.05, 0) is 55.0 Å². The van der Waals surface area contributed by atoms with Crippen LogP contribution in [0.25, 0.3) is 0 Å². The van der Waals surface area contributed by atoms with Gasteiger partial charge in [0.15, 0.2) is 0 Å². The predicted octanol–water partition coefficient (Wildman–Crippen LogP) is 9.30. The maximum atomic E-state index is 10.5. The van der Waals surface area contributed by atoms with Crippen LogP contribution in [-0.4, -0.2) is 11.7 Å². The van der Waals surface area contributed by atoms with Crippen molar-refractivity contribution < 1.29 is 9.84 Å². The first-order valence-electron chi connectivity index (χ1n) is 13.6. The van der Waals surface area contributed by atoms with Gasteiger partial charge in [-0.25, -0.2) is 0 Å². The summed E-state index contributed by atoms with van der Waals surface area (Å²) in [6.45, 7) is 7.81. The summed E-state index contributed by atoms with van der Waals surface area (Å²) in [5.41, 5.74) is 3.37. The highest BCUT2D eigenvalue weighted by atomic mass is 16.5. The number of ether oxygens (including phenoxy) is 1. The first-order chi connectivity index (χ1) is 15.2. The number of aryl methyl sites for hydroxylation is 2. The van der Waals surface area contributed by atoms with Gasteiger partial charge in [0.2, 0.25) is 0 Å². The molecule has 0 aliphatic carbocycles. The topological polar surface area (TPSA) is 29.5 Å². The van der Waals surface area contributed by atoms with E-state index in [2.05, 4.69) is 26.0 Å². The predicted molar refractivity (Wildman–Crippen MR) is 136 cm³/mol. The summed E-state index contributed by atoms with van der Waals surface area (Å²) >= 11 is 0. The molecule has 2 nitrogen and oxygen atoms in total. The van der Waals surface area contributed by atoms with Gasteiger partial charge < -0.3 is 9.84 Å². The molecule has 0 heterocycles. The average molecular weight is 433 g/mol. The summed E-state index contributed by atoms with van der Waals surface area (Å²) in [5, 5.41) is 10.5. The van der Waals surface area contributed by atoms with Crippen LogP contribution in [0.4, 0.5) is 0 Å². The third-order valence-electron chi connectivity index (χ3n) is 6.48. The molecule has 0 aromatic heterocycles. The van der Waals surface area contributed by atoms with Crippen molar-refractivity contribution in [2.45, 2.75) is 143 Å². The van der Waals surface area contributed by atoms with E-state index in [1.54, 1.807) is 0 Å². The number of hydrogen-bond donors (Lipinski definition) is 1. The summed E-state index contributed by atoms with van der Waals surface area (Å²) in [5.74, 6) is 0.517. The Kier molecular flexibility index (Phi) is 17.8. The molecule has 0 atom stereocenters. The number of phenols is 1. The van der Waals surface area contributed by atoms with Crippen molar-refractivity contribution in [2.75, 3.05) is 6.61 Å². The standard InChI is InChI=1S/C29H52O2/c1-4-7-8-9-10-11-12-13-14-15-16-17-18-19-20-21-22-28-24-26(25-31-6-3)23-27(5-2)29(28)30/h23-24,30H,4-22,25H2,1-3H3. The van der Waals surface area contributed by atoms with Crippen molar-refractivity contribution >= 4 is 0 Å². The molecule has 0 spiro atoms. The zero-order chi connectivity index (χ0) is 22.6. The van der Waals surface area contributed by atoms with E-state index in [-0.39, 0.29) is 0 Å². The third-order valence-corrected chi connectivity index (χ3v) is 6.48. The highest BCUT2D eigenvalue weighted by Gasteiger charge is 2.09. The lowest BCUT2D eigenvalue weighted by atomic mass is 9.97. The molecule has 1 rings (SSSR count). The normalized spacial score (nSPS) is 11.3. The molecule has 0 fully saturated rings. The average Bonchev–Trinajstić information content (AvgIpc) is 2.78. The number of aromatic hydroxyl groups is 1. The highest BCUT2D eigenvalue weighted by Crippen LogP contribution is 2.27. The molecule has 2 heteroatoms. The minimum absolute atomic E-state index is 0.517. The molecule has 0 radical (unpaired) electrons. The summed E-state index contributed by atoms with van der Waals surface area (Å²) < 4.78 is 5.57. The quantitative estimate of drug-likeness (QED) is 0.196. The Morgan fingerprint density at radius 2 is 1.06 bits per heavy atom. The lowest BCUT2D eigenvalue weighted by Crippen LogP contribution is -1.98. The minimum atomic E-state index is 0.517. The molecule has 0 aliphatic heterocycles.